The van der Waals surface area contributed by atoms with Crippen LogP contribution in [0, 0.1) is 17.8 Å². The first-order valence-electron chi connectivity index (χ1n) is 8.25. The molecule has 1 nitrogen and oxygen atoms in total. The quantitative estimate of drug-likeness (QED) is 0.759. The van der Waals surface area contributed by atoms with Gasteiger partial charge in [-0.2, -0.15) is 0 Å². The van der Waals surface area contributed by atoms with Gasteiger partial charge in [-0.1, -0.05) is 43.1 Å². The smallest absolute Gasteiger partial charge is 0.0453 e. The molecule has 0 aliphatic heterocycles. The second-order valence-electron chi connectivity index (χ2n) is 6.70. The van der Waals surface area contributed by atoms with Crippen LogP contribution in [-0.2, 0) is 0 Å². The number of nitrogens with one attached hydrogen (secondary N) is 1. The highest BCUT2D eigenvalue weighted by Gasteiger charge is 2.40. The third-order valence-electron chi connectivity index (χ3n) is 5.34. The van der Waals surface area contributed by atoms with Crippen LogP contribution in [0.3, 0.4) is 0 Å². The van der Waals surface area contributed by atoms with Crippen molar-refractivity contribution in [2.75, 3.05) is 6.54 Å². The van der Waals surface area contributed by atoms with Gasteiger partial charge in [-0.05, 0) is 68.0 Å². The Balaban J connectivity index is 1.71. The Bertz CT molecular complexity index is 445. The minimum absolute atomic E-state index is 0.438. The maximum absolute atomic E-state index is 6.42. The van der Waals surface area contributed by atoms with Crippen LogP contribution < -0.4 is 5.32 Å². The molecule has 0 amide bonds. The van der Waals surface area contributed by atoms with E-state index in [1.807, 2.05) is 12.1 Å². The van der Waals surface area contributed by atoms with E-state index in [-0.39, 0.29) is 0 Å². The number of rotatable bonds is 6. The van der Waals surface area contributed by atoms with Crippen molar-refractivity contribution in [3.8, 4) is 0 Å². The second kappa shape index (κ2) is 6.49. The molecule has 110 valence electrons. The van der Waals surface area contributed by atoms with Crippen LogP contribution in [-0.4, -0.2) is 6.54 Å². The Labute approximate surface area is 128 Å². The predicted octanol–water partition coefficient (Wildman–Crippen LogP) is 5.21. The van der Waals surface area contributed by atoms with Crippen LogP contribution in [0.5, 0.6) is 0 Å². The topological polar surface area (TPSA) is 12.0 Å². The van der Waals surface area contributed by atoms with Gasteiger partial charge in [0, 0.05) is 11.1 Å². The van der Waals surface area contributed by atoms with Crippen LogP contribution in [0.2, 0.25) is 5.02 Å². The Morgan fingerprint density at radius 2 is 2.10 bits per heavy atom. The van der Waals surface area contributed by atoms with E-state index in [0.29, 0.717) is 6.04 Å². The zero-order valence-corrected chi connectivity index (χ0v) is 13.2. The fraction of sp³-hybridized carbons (Fsp3) is 0.667. The first-order chi connectivity index (χ1) is 9.78. The highest BCUT2D eigenvalue weighted by atomic mass is 35.5. The molecule has 2 fully saturated rings. The van der Waals surface area contributed by atoms with Crippen LogP contribution in [0.4, 0.5) is 0 Å². The van der Waals surface area contributed by atoms with E-state index in [4.69, 9.17) is 11.6 Å². The van der Waals surface area contributed by atoms with Gasteiger partial charge in [0.1, 0.15) is 0 Å². The molecule has 0 saturated heterocycles. The monoisotopic (exact) mass is 291 g/mol. The molecular formula is C18H26ClN. The summed E-state index contributed by atoms with van der Waals surface area (Å²) in [6.45, 7) is 3.31. The molecule has 2 aliphatic rings. The molecule has 1 N–H and O–H groups in total. The SMILES string of the molecule is CCCNC(CC1CC2CCC1C2)c1ccccc1Cl. The summed E-state index contributed by atoms with van der Waals surface area (Å²) in [5.74, 6) is 2.94. The van der Waals surface area contributed by atoms with Gasteiger partial charge in [0.05, 0.1) is 0 Å². The van der Waals surface area contributed by atoms with Gasteiger partial charge in [0.25, 0.3) is 0 Å². The zero-order valence-electron chi connectivity index (χ0n) is 12.4. The van der Waals surface area contributed by atoms with E-state index < -0.39 is 0 Å². The van der Waals surface area contributed by atoms with Crippen LogP contribution in [0.25, 0.3) is 0 Å². The van der Waals surface area contributed by atoms with E-state index in [9.17, 15) is 0 Å². The van der Waals surface area contributed by atoms with Crippen molar-refractivity contribution in [2.45, 2.75) is 51.5 Å². The molecule has 2 bridgehead atoms. The summed E-state index contributed by atoms with van der Waals surface area (Å²) in [6.07, 6.45) is 8.36. The number of hydrogen-bond acceptors (Lipinski definition) is 1. The third kappa shape index (κ3) is 3.04. The lowest BCUT2D eigenvalue weighted by atomic mass is 9.82. The van der Waals surface area contributed by atoms with Crippen molar-refractivity contribution in [1.82, 2.24) is 5.32 Å². The zero-order chi connectivity index (χ0) is 13.9. The van der Waals surface area contributed by atoms with Crippen molar-refractivity contribution >= 4 is 11.6 Å². The maximum atomic E-state index is 6.42. The van der Waals surface area contributed by atoms with E-state index in [0.717, 1.165) is 29.3 Å². The van der Waals surface area contributed by atoms with E-state index in [1.165, 1.54) is 44.1 Å². The third-order valence-corrected chi connectivity index (χ3v) is 5.69. The van der Waals surface area contributed by atoms with Crippen molar-refractivity contribution in [1.29, 1.82) is 0 Å². The van der Waals surface area contributed by atoms with Crippen LogP contribution in [0.1, 0.15) is 57.1 Å². The normalized spacial score (nSPS) is 29.8. The summed E-state index contributed by atoms with van der Waals surface area (Å²) in [6, 6.07) is 8.80. The summed E-state index contributed by atoms with van der Waals surface area (Å²) in [7, 11) is 0. The molecule has 2 saturated carbocycles. The summed E-state index contributed by atoms with van der Waals surface area (Å²) in [5.41, 5.74) is 1.30. The standard InChI is InChI=1S/C18H26ClN/c1-2-9-20-18(16-5-3-4-6-17(16)19)12-15-11-13-7-8-14(15)10-13/h3-6,13-15,18,20H,2,7-12H2,1H3. The number of fused-ring (bicyclic) bond motifs is 2. The van der Waals surface area contributed by atoms with Crippen LogP contribution >= 0.6 is 11.6 Å². The Hall–Kier alpha value is -0.530. The molecule has 2 aliphatic carbocycles. The summed E-state index contributed by atoms with van der Waals surface area (Å²) < 4.78 is 0. The van der Waals surface area contributed by atoms with Gasteiger partial charge in [-0.3, -0.25) is 0 Å². The summed E-state index contributed by atoms with van der Waals surface area (Å²) in [4.78, 5) is 0. The van der Waals surface area contributed by atoms with Gasteiger partial charge in [0.15, 0.2) is 0 Å². The second-order valence-corrected chi connectivity index (χ2v) is 7.11. The Morgan fingerprint density at radius 3 is 2.75 bits per heavy atom. The van der Waals surface area contributed by atoms with Gasteiger partial charge >= 0.3 is 0 Å². The fourth-order valence-electron chi connectivity index (χ4n) is 4.36. The molecule has 0 heterocycles. The lowest BCUT2D eigenvalue weighted by molar-refractivity contribution is 0.279. The Morgan fingerprint density at radius 1 is 1.25 bits per heavy atom. The summed E-state index contributed by atoms with van der Waals surface area (Å²) in [5, 5.41) is 4.65. The molecule has 0 aromatic heterocycles. The van der Waals surface area contributed by atoms with Crippen molar-refractivity contribution in [3.05, 3.63) is 34.9 Å². The van der Waals surface area contributed by atoms with Gasteiger partial charge in [-0.25, -0.2) is 0 Å². The first kappa shape index (κ1) is 14.4. The van der Waals surface area contributed by atoms with Crippen molar-refractivity contribution in [2.24, 2.45) is 17.8 Å². The lowest BCUT2D eigenvalue weighted by Gasteiger charge is -2.28. The minimum Gasteiger partial charge on any atom is -0.310 e. The average molecular weight is 292 g/mol. The molecule has 4 unspecified atom stereocenters. The first-order valence-corrected chi connectivity index (χ1v) is 8.63. The molecule has 1 aromatic carbocycles. The molecule has 2 heteroatoms. The molecule has 1 aromatic rings. The molecule has 0 spiro atoms. The van der Waals surface area contributed by atoms with Crippen molar-refractivity contribution in [3.63, 3.8) is 0 Å². The lowest BCUT2D eigenvalue weighted by Crippen LogP contribution is -2.26. The molecule has 20 heavy (non-hydrogen) atoms. The van der Waals surface area contributed by atoms with E-state index >= 15 is 0 Å². The molecule has 4 atom stereocenters. The van der Waals surface area contributed by atoms with Gasteiger partial charge < -0.3 is 5.32 Å². The molecular weight excluding hydrogens is 266 g/mol. The molecule has 0 radical (unpaired) electrons. The van der Waals surface area contributed by atoms with Gasteiger partial charge in [0.2, 0.25) is 0 Å². The largest absolute Gasteiger partial charge is 0.310 e. The number of halogens is 1. The van der Waals surface area contributed by atoms with Crippen LogP contribution in [0.15, 0.2) is 24.3 Å². The Kier molecular flexibility index (Phi) is 4.68. The molecule has 3 rings (SSSR count). The fourth-order valence-corrected chi connectivity index (χ4v) is 4.63. The highest BCUT2D eigenvalue weighted by Crippen LogP contribution is 2.51. The maximum Gasteiger partial charge on any atom is 0.0453 e. The van der Waals surface area contributed by atoms with Gasteiger partial charge in [-0.15, -0.1) is 0 Å². The van der Waals surface area contributed by atoms with E-state index in [2.05, 4.69) is 24.4 Å². The predicted molar refractivity (Wildman–Crippen MR) is 86.0 cm³/mol. The summed E-state index contributed by atoms with van der Waals surface area (Å²) >= 11 is 6.42. The highest BCUT2D eigenvalue weighted by molar-refractivity contribution is 6.31. The number of hydrogen-bond donors (Lipinski definition) is 1. The van der Waals surface area contributed by atoms with Crippen molar-refractivity contribution < 1.29 is 0 Å². The van der Waals surface area contributed by atoms with E-state index in [1.54, 1.807) is 0 Å². The minimum atomic E-state index is 0.438. The average Bonchev–Trinajstić information content (AvgIpc) is 3.06. The number of benzene rings is 1.